The Morgan fingerprint density at radius 3 is 2.10 bits per heavy atom. The first-order chi connectivity index (χ1) is 27.8. The quantitative estimate of drug-likeness (QED) is 0.179. The van der Waals surface area contributed by atoms with Crippen LogP contribution in [0.3, 0.4) is 0 Å². The molecule has 3 aliphatic rings. The van der Waals surface area contributed by atoms with Crippen LogP contribution in [0.2, 0.25) is 0 Å². The van der Waals surface area contributed by atoms with Crippen molar-refractivity contribution >= 4 is 44.8 Å². The fourth-order valence-electron chi connectivity index (χ4n) is 11.2. The van der Waals surface area contributed by atoms with Gasteiger partial charge in [0.1, 0.15) is 17.0 Å². The number of fused-ring (bicyclic) bond motifs is 8. The lowest BCUT2D eigenvalue weighted by Gasteiger charge is -2.43. The van der Waals surface area contributed by atoms with E-state index >= 15 is 0 Å². The number of aliphatic imine (C=N–C) groups is 1. The molecule has 5 nitrogen and oxygen atoms in total. The second-order valence-corrected chi connectivity index (χ2v) is 20.1. The van der Waals surface area contributed by atoms with Crippen molar-refractivity contribution in [2.24, 2.45) is 4.99 Å². The molecule has 5 aromatic carbocycles. The highest BCUT2D eigenvalue weighted by atomic mass is 16.5. The Bertz CT molecular complexity index is 2990. The average Bonchev–Trinajstić information content (AvgIpc) is 3.69. The molecule has 0 saturated heterocycles. The molecule has 1 aliphatic carbocycles. The molecule has 5 heteroatoms. The molecule has 298 valence electrons. The van der Waals surface area contributed by atoms with Gasteiger partial charge in [-0.15, -0.1) is 0 Å². The van der Waals surface area contributed by atoms with E-state index in [-0.39, 0.29) is 16.2 Å². The van der Waals surface area contributed by atoms with E-state index in [9.17, 15) is 0 Å². The number of benzene rings is 5. The van der Waals surface area contributed by atoms with Crippen molar-refractivity contribution < 1.29 is 4.74 Å². The zero-order chi connectivity index (χ0) is 41.8. The van der Waals surface area contributed by atoms with Crippen LogP contribution in [0.1, 0.15) is 118 Å². The molecule has 0 spiro atoms. The molecule has 0 radical (unpaired) electrons. The number of hydrogen-bond donors (Lipinski definition) is 0. The van der Waals surface area contributed by atoms with Gasteiger partial charge >= 0.3 is 0 Å². The van der Waals surface area contributed by atoms with E-state index in [1.54, 1.807) is 0 Å². The second-order valence-electron chi connectivity index (χ2n) is 20.1. The zero-order valence-electron chi connectivity index (χ0n) is 37.0. The predicted molar refractivity (Wildman–Crippen MR) is 246 cm³/mol. The van der Waals surface area contributed by atoms with Gasteiger partial charge in [0.15, 0.2) is 0 Å². The topological polar surface area (TPSA) is 42.7 Å². The average molecular weight is 777 g/mol. The summed E-state index contributed by atoms with van der Waals surface area (Å²) in [6.45, 7) is 29.7. The van der Waals surface area contributed by atoms with E-state index in [0.717, 1.165) is 39.6 Å². The van der Waals surface area contributed by atoms with Gasteiger partial charge in [-0.1, -0.05) is 109 Å². The second kappa shape index (κ2) is 12.0. The van der Waals surface area contributed by atoms with Crippen LogP contribution in [0.5, 0.6) is 0 Å². The molecule has 2 aliphatic heterocycles. The maximum absolute atomic E-state index is 7.30. The molecule has 2 aromatic heterocycles. The molecular weight excluding hydrogens is 721 g/mol. The number of hydrogen-bond acceptors (Lipinski definition) is 4. The van der Waals surface area contributed by atoms with Crippen LogP contribution in [0.4, 0.5) is 17.1 Å². The Kier molecular flexibility index (Phi) is 7.62. The van der Waals surface area contributed by atoms with Gasteiger partial charge in [0.25, 0.3) is 0 Å². The third-order valence-corrected chi connectivity index (χ3v) is 14.8. The summed E-state index contributed by atoms with van der Waals surface area (Å²) in [5.41, 5.74) is 16.6. The largest absolute Gasteiger partial charge is 0.467 e. The minimum atomic E-state index is -0.570. The monoisotopic (exact) mass is 776 g/mol. The first kappa shape index (κ1) is 37.6. The maximum atomic E-state index is 7.30. The van der Waals surface area contributed by atoms with E-state index in [1.165, 1.54) is 66.7 Å². The Morgan fingerprint density at radius 2 is 1.34 bits per heavy atom. The lowest BCUT2D eigenvalue weighted by molar-refractivity contribution is -0.0137. The van der Waals surface area contributed by atoms with Gasteiger partial charge in [0, 0.05) is 39.1 Å². The van der Waals surface area contributed by atoms with Crippen LogP contribution in [0.15, 0.2) is 108 Å². The van der Waals surface area contributed by atoms with Crippen LogP contribution in [-0.2, 0) is 26.5 Å². The SMILES string of the molecule is Cc1cc(C)c2c(c1)[C@@]1(C)N=C(c3cc(N4c5ccccc5C(C)(C)c5cc6c7ccccc7n(-c7cc(C(C)(C)C)ccn7)c6cc54)c(C)cc3C)O[C@@]1(C)C2(C)C. The molecule has 0 saturated carbocycles. The summed E-state index contributed by atoms with van der Waals surface area (Å²) in [7, 11) is 0. The lowest BCUT2D eigenvalue weighted by Crippen LogP contribution is -2.51. The Labute approximate surface area is 349 Å². The highest BCUT2D eigenvalue weighted by Crippen LogP contribution is 2.63. The van der Waals surface area contributed by atoms with Gasteiger partial charge in [-0.2, -0.15) is 0 Å². The van der Waals surface area contributed by atoms with Crippen molar-refractivity contribution in [3.8, 4) is 5.82 Å². The van der Waals surface area contributed by atoms with Crippen molar-refractivity contribution in [2.45, 2.75) is 117 Å². The van der Waals surface area contributed by atoms with Crippen LogP contribution >= 0.6 is 0 Å². The number of aromatic nitrogens is 2. The molecule has 0 fully saturated rings. The van der Waals surface area contributed by atoms with Gasteiger partial charge in [0.2, 0.25) is 5.90 Å². The fourth-order valence-corrected chi connectivity index (χ4v) is 11.2. The van der Waals surface area contributed by atoms with Crippen LogP contribution < -0.4 is 4.90 Å². The number of pyridine rings is 1. The van der Waals surface area contributed by atoms with Crippen LogP contribution in [0.25, 0.3) is 27.6 Å². The predicted octanol–water partition coefficient (Wildman–Crippen LogP) is 13.6. The molecule has 4 heterocycles. The first-order valence-corrected chi connectivity index (χ1v) is 21.2. The van der Waals surface area contributed by atoms with Gasteiger partial charge in [-0.25, -0.2) is 9.98 Å². The smallest absolute Gasteiger partial charge is 0.218 e. The fraction of sp³-hybridized carbons (Fsp3) is 0.333. The van der Waals surface area contributed by atoms with Crippen molar-refractivity contribution in [3.63, 3.8) is 0 Å². The Balaban J connectivity index is 1.22. The summed E-state index contributed by atoms with van der Waals surface area (Å²) < 4.78 is 9.66. The number of rotatable bonds is 3. The summed E-state index contributed by atoms with van der Waals surface area (Å²) in [5.74, 6) is 1.65. The number of anilines is 3. The molecule has 0 unspecified atom stereocenters. The van der Waals surface area contributed by atoms with Gasteiger partial charge in [-0.05, 0) is 134 Å². The number of aryl methyl sites for hydroxylation is 4. The maximum Gasteiger partial charge on any atom is 0.218 e. The molecule has 0 bridgehead atoms. The highest BCUT2D eigenvalue weighted by Gasteiger charge is 2.68. The van der Waals surface area contributed by atoms with E-state index in [2.05, 4.69) is 197 Å². The summed E-state index contributed by atoms with van der Waals surface area (Å²) in [4.78, 5) is 13.2. The molecule has 0 amide bonds. The van der Waals surface area contributed by atoms with Gasteiger partial charge in [-0.3, -0.25) is 4.57 Å². The van der Waals surface area contributed by atoms with E-state index in [4.69, 9.17) is 14.7 Å². The van der Waals surface area contributed by atoms with Crippen LogP contribution in [0, 0.1) is 27.7 Å². The van der Waals surface area contributed by atoms with Crippen molar-refractivity contribution in [1.29, 1.82) is 0 Å². The first-order valence-electron chi connectivity index (χ1n) is 21.2. The van der Waals surface area contributed by atoms with Crippen molar-refractivity contribution in [2.75, 3.05) is 4.90 Å². The number of ether oxygens (including phenoxy) is 1. The third-order valence-electron chi connectivity index (χ3n) is 14.8. The molecule has 7 aromatic rings. The number of para-hydroxylation sites is 2. The summed E-state index contributed by atoms with van der Waals surface area (Å²) in [6, 6.07) is 36.3. The van der Waals surface area contributed by atoms with Crippen molar-refractivity contribution in [1.82, 2.24) is 9.55 Å². The normalized spacial score (nSPS) is 21.2. The Hall–Kier alpha value is -5.68. The third kappa shape index (κ3) is 4.91. The minimum absolute atomic E-state index is 0.0152. The summed E-state index contributed by atoms with van der Waals surface area (Å²) in [5, 5.41) is 2.45. The van der Waals surface area contributed by atoms with E-state index in [1.807, 2.05) is 6.20 Å². The molecular formula is C54H56N4O. The van der Waals surface area contributed by atoms with Gasteiger partial charge in [0.05, 0.1) is 22.4 Å². The zero-order valence-corrected chi connectivity index (χ0v) is 37.0. The molecule has 0 N–H and O–H groups in total. The number of nitrogens with zero attached hydrogens (tertiary/aromatic N) is 4. The molecule has 10 rings (SSSR count). The van der Waals surface area contributed by atoms with Gasteiger partial charge < -0.3 is 9.64 Å². The molecule has 2 atom stereocenters. The highest BCUT2D eigenvalue weighted by molar-refractivity contribution is 6.11. The molecule has 59 heavy (non-hydrogen) atoms. The standard InChI is InChI=1S/C54H56N4O/c1-31-24-34(4)48-41(25-31)53(12)54(13,52(48,10)11)59-49(56-53)37-29-44(33(3)26-32(37)2)57-43-21-17-15-19-39(43)51(8,9)40-28-38-36-18-14-16-20-42(36)58(45(38)30-46(40)57)47-27-35(22-23-55-47)50(5,6)7/h14-30H,1-13H3/t53-,54+/m1/s1. The van der Waals surface area contributed by atoms with E-state index in [0.29, 0.717) is 0 Å². The summed E-state index contributed by atoms with van der Waals surface area (Å²) >= 11 is 0. The minimum Gasteiger partial charge on any atom is -0.467 e. The Morgan fingerprint density at radius 1 is 0.610 bits per heavy atom. The lowest BCUT2D eigenvalue weighted by atomic mass is 9.70. The van der Waals surface area contributed by atoms with E-state index < -0.39 is 11.1 Å². The van der Waals surface area contributed by atoms with Crippen LogP contribution in [-0.4, -0.2) is 21.0 Å². The van der Waals surface area contributed by atoms with Crippen molar-refractivity contribution in [3.05, 3.63) is 159 Å². The summed E-state index contributed by atoms with van der Waals surface area (Å²) in [6.07, 6.45) is 1.96.